The molecule has 0 bridgehead atoms. The summed E-state index contributed by atoms with van der Waals surface area (Å²) >= 11 is 0. The summed E-state index contributed by atoms with van der Waals surface area (Å²) < 4.78 is 5.58. The number of aromatic hydroxyl groups is 1. The average Bonchev–Trinajstić information content (AvgIpc) is 2.13. The van der Waals surface area contributed by atoms with Crippen LogP contribution in [0.1, 0.15) is 6.92 Å². The van der Waals surface area contributed by atoms with Crippen molar-refractivity contribution in [3.05, 3.63) is 24.3 Å². The van der Waals surface area contributed by atoms with Crippen molar-refractivity contribution in [3.8, 4) is 11.5 Å². The number of rotatable bonds is 2. The van der Waals surface area contributed by atoms with E-state index in [0.29, 0.717) is 13.1 Å². The molecule has 4 heteroatoms. The summed E-state index contributed by atoms with van der Waals surface area (Å²) in [4.78, 5) is 12.6. The number of nitrogens with zero attached hydrogens (tertiary/aromatic N) is 1. The monoisotopic (exact) mass is 207 g/mol. The molecule has 0 atom stereocenters. The first-order valence-corrected chi connectivity index (χ1v) is 4.86. The second-order valence-electron chi connectivity index (χ2n) is 3.66. The average molecular weight is 207 g/mol. The zero-order valence-electron chi connectivity index (χ0n) is 8.51. The number of likely N-dealkylation sites (tertiary alicyclic amines) is 1. The van der Waals surface area contributed by atoms with Crippen LogP contribution in [0.2, 0.25) is 0 Å². The van der Waals surface area contributed by atoms with Gasteiger partial charge >= 0.3 is 0 Å². The van der Waals surface area contributed by atoms with E-state index in [-0.39, 0.29) is 17.8 Å². The largest absolute Gasteiger partial charge is 0.508 e. The molecule has 1 aromatic rings. The summed E-state index contributed by atoms with van der Waals surface area (Å²) in [5, 5.41) is 9.07. The molecule has 1 fully saturated rings. The minimum atomic E-state index is 0.0819. The highest BCUT2D eigenvalue weighted by Crippen LogP contribution is 2.20. The Labute approximate surface area is 88.1 Å². The van der Waals surface area contributed by atoms with E-state index in [0.717, 1.165) is 5.75 Å². The van der Waals surface area contributed by atoms with E-state index in [1.54, 1.807) is 36.1 Å². The maximum absolute atomic E-state index is 10.9. The minimum Gasteiger partial charge on any atom is -0.508 e. The molecule has 0 aromatic heterocycles. The number of hydrogen-bond acceptors (Lipinski definition) is 3. The first-order chi connectivity index (χ1) is 7.15. The van der Waals surface area contributed by atoms with Crippen LogP contribution in [-0.2, 0) is 4.79 Å². The molecule has 0 radical (unpaired) electrons. The highest BCUT2D eigenvalue weighted by atomic mass is 16.5. The van der Waals surface area contributed by atoms with E-state index in [1.165, 1.54) is 0 Å². The second kappa shape index (κ2) is 3.81. The molecule has 80 valence electrons. The molecule has 15 heavy (non-hydrogen) atoms. The molecule has 1 aromatic carbocycles. The molecule has 4 nitrogen and oxygen atoms in total. The molecule has 1 heterocycles. The Kier molecular flexibility index (Phi) is 2.49. The Morgan fingerprint density at radius 1 is 1.40 bits per heavy atom. The SMILES string of the molecule is CC(=O)N1CC(Oc2ccc(O)cc2)C1. The lowest BCUT2D eigenvalue weighted by atomic mass is 10.1. The highest BCUT2D eigenvalue weighted by molar-refractivity contribution is 5.74. The fourth-order valence-corrected chi connectivity index (χ4v) is 1.49. The summed E-state index contributed by atoms with van der Waals surface area (Å²) in [5.74, 6) is 1.03. The number of phenolic OH excluding ortho intramolecular Hbond substituents is 1. The van der Waals surface area contributed by atoms with E-state index in [4.69, 9.17) is 9.84 Å². The standard InChI is InChI=1S/C11H13NO3/c1-8(13)12-6-11(7-12)15-10-4-2-9(14)3-5-10/h2-5,11,14H,6-7H2,1H3. The molecule has 0 unspecified atom stereocenters. The van der Waals surface area contributed by atoms with Crippen molar-refractivity contribution in [2.45, 2.75) is 13.0 Å². The zero-order valence-corrected chi connectivity index (χ0v) is 8.51. The van der Waals surface area contributed by atoms with Crippen LogP contribution in [0.5, 0.6) is 11.5 Å². The summed E-state index contributed by atoms with van der Waals surface area (Å²) in [6.45, 7) is 2.85. The number of amides is 1. The minimum absolute atomic E-state index is 0.0819. The van der Waals surface area contributed by atoms with Gasteiger partial charge in [-0.1, -0.05) is 0 Å². The third kappa shape index (κ3) is 2.21. The van der Waals surface area contributed by atoms with Crippen LogP contribution < -0.4 is 4.74 Å². The molecular weight excluding hydrogens is 194 g/mol. The fraction of sp³-hybridized carbons (Fsp3) is 0.364. The molecule has 1 amide bonds. The van der Waals surface area contributed by atoms with Gasteiger partial charge in [-0.05, 0) is 24.3 Å². The lowest BCUT2D eigenvalue weighted by Gasteiger charge is -2.38. The van der Waals surface area contributed by atoms with Gasteiger partial charge in [-0.25, -0.2) is 0 Å². The third-order valence-electron chi connectivity index (χ3n) is 2.43. The second-order valence-corrected chi connectivity index (χ2v) is 3.66. The summed E-state index contributed by atoms with van der Waals surface area (Å²) in [5.41, 5.74) is 0. The topological polar surface area (TPSA) is 49.8 Å². The number of phenols is 1. The molecule has 1 aliphatic rings. The van der Waals surface area contributed by atoms with Gasteiger partial charge in [0, 0.05) is 6.92 Å². The molecule has 1 N–H and O–H groups in total. The Bertz CT molecular complexity index is 355. The van der Waals surface area contributed by atoms with Gasteiger partial charge in [-0.3, -0.25) is 4.79 Å². The van der Waals surface area contributed by atoms with Gasteiger partial charge < -0.3 is 14.7 Å². The van der Waals surface area contributed by atoms with Crippen LogP contribution in [0.4, 0.5) is 0 Å². The molecule has 1 saturated heterocycles. The van der Waals surface area contributed by atoms with E-state index in [1.807, 2.05) is 0 Å². The van der Waals surface area contributed by atoms with Crippen LogP contribution in [0.3, 0.4) is 0 Å². The quantitative estimate of drug-likeness (QED) is 0.787. The molecule has 0 saturated carbocycles. The predicted molar refractivity (Wildman–Crippen MR) is 54.8 cm³/mol. The Morgan fingerprint density at radius 3 is 2.53 bits per heavy atom. The Balaban J connectivity index is 1.85. The smallest absolute Gasteiger partial charge is 0.219 e. The van der Waals surface area contributed by atoms with E-state index >= 15 is 0 Å². The van der Waals surface area contributed by atoms with Crippen molar-refractivity contribution in [2.75, 3.05) is 13.1 Å². The Morgan fingerprint density at radius 2 is 2.00 bits per heavy atom. The van der Waals surface area contributed by atoms with Crippen molar-refractivity contribution in [1.82, 2.24) is 4.90 Å². The third-order valence-corrected chi connectivity index (χ3v) is 2.43. The van der Waals surface area contributed by atoms with Crippen molar-refractivity contribution < 1.29 is 14.6 Å². The normalized spacial score (nSPS) is 15.9. The lowest BCUT2D eigenvalue weighted by molar-refractivity contribution is -0.137. The van der Waals surface area contributed by atoms with E-state index < -0.39 is 0 Å². The van der Waals surface area contributed by atoms with Gasteiger partial charge in [0.05, 0.1) is 13.1 Å². The molecule has 2 rings (SSSR count). The van der Waals surface area contributed by atoms with Crippen molar-refractivity contribution in [3.63, 3.8) is 0 Å². The number of ether oxygens (including phenoxy) is 1. The van der Waals surface area contributed by atoms with Crippen LogP contribution in [0, 0.1) is 0 Å². The summed E-state index contributed by atoms with van der Waals surface area (Å²) in [6.07, 6.45) is 0.0819. The fourth-order valence-electron chi connectivity index (χ4n) is 1.49. The lowest BCUT2D eigenvalue weighted by Crippen LogP contribution is -2.55. The van der Waals surface area contributed by atoms with Gasteiger partial charge in [0.1, 0.15) is 17.6 Å². The van der Waals surface area contributed by atoms with Crippen LogP contribution >= 0.6 is 0 Å². The van der Waals surface area contributed by atoms with Gasteiger partial charge in [-0.2, -0.15) is 0 Å². The van der Waals surface area contributed by atoms with E-state index in [2.05, 4.69) is 0 Å². The summed E-state index contributed by atoms with van der Waals surface area (Å²) in [7, 11) is 0. The van der Waals surface area contributed by atoms with Crippen molar-refractivity contribution >= 4 is 5.91 Å². The molecule has 1 aliphatic heterocycles. The van der Waals surface area contributed by atoms with Crippen LogP contribution in [0.15, 0.2) is 24.3 Å². The molecule has 0 aliphatic carbocycles. The van der Waals surface area contributed by atoms with Gasteiger partial charge in [0.15, 0.2) is 0 Å². The number of hydrogen-bond donors (Lipinski definition) is 1. The number of carbonyl (C=O) groups excluding carboxylic acids is 1. The molecular formula is C11H13NO3. The highest BCUT2D eigenvalue weighted by Gasteiger charge is 2.29. The number of carbonyl (C=O) groups is 1. The number of benzene rings is 1. The first-order valence-electron chi connectivity index (χ1n) is 4.86. The van der Waals surface area contributed by atoms with Crippen LogP contribution in [0.25, 0.3) is 0 Å². The van der Waals surface area contributed by atoms with Crippen LogP contribution in [-0.4, -0.2) is 35.1 Å². The Hall–Kier alpha value is -1.71. The van der Waals surface area contributed by atoms with Gasteiger partial charge in [0.25, 0.3) is 0 Å². The van der Waals surface area contributed by atoms with Crippen molar-refractivity contribution in [1.29, 1.82) is 0 Å². The summed E-state index contributed by atoms with van der Waals surface area (Å²) in [6, 6.07) is 6.59. The molecule has 0 spiro atoms. The maximum atomic E-state index is 10.9. The maximum Gasteiger partial charge on any atom is 0.219 e. The predicted octanol–water partition coefficient (Wildman–Crippen LogP) is 1.00. The first kappa shape index (κ1) is 9.83. The van der Waals surface area contributed by atoms with Gasteiger partial charge in [0.2, 0.25) is 5.91 Å². The zero-order chi connectivity index (χ0) is 10.8. The van der Waals surface area contributed by atoms with Gasteiger partial charge in [-0.15, -0.1) is 0 Å². The van der Waals surface area contributed by atoms with E-state index in [9.17, 15) is 4.79 Å². The van der Waals surface area contributed by atoms with Crippen molar-refractivity contribution in [2.24, 2.45) is 0 Å².